The van der Waals surface area contributed by atoms with Gasteiger partial charge in [-0.15, -0.1) is 0 Å². The van der Waals surface area contributed by atoms with E-state index < -0.39 is 9.85 Å². The number of aryl methyl sites for hydroxylation is 1. The van der Waals surface area contributed by atoms with E-state index in [2.05, 4.69) is 10.6 Å². The van der Waals surface area contributed by atoms with E-state index in [4.69, 9.17) is 0 Å². The number of nitro groups is 2. The molecule has 4 aromatic carbocycles. The van der Waals surface area contributed by atoms with Crippen molar-refractivity contribution < 1.29 is 19.4 Å². The van der Waals surface area contributed by atoms with E-state index >= 15 is 0 Å². The van der Waals surface area contributed by atoms with Gasteiger partial charge in [0, 0.05) is 56.6 Å². The fraction of sp³-hybridized carbons (Fsp3) is 0.0370. The number of hydrogen-bond donors (Lipinski definition) is 2. The Kier molecular flexibility index (Phi) is 7.78. The van der Waals surface area contributed by atoms with E-state index in [1.807, 2.05) is 31.2 Å². The molecule has 38 heavy (non-hydrogen) atoms. The summed E-state index contributed by atoms with van der Waals surface area (Å²) in [7, 11) is 0. The van der Waals surface area contributed by atoms with Crippen LogP contribution in [0.5, 0.6) is 0 Å². The summed E-state index contributed by atoms with van der Waals surface area (Å²) < 4.78 is 0. The molecule has 2 N–H and O–H groups in total. The second kappa shape index (κ2) is 11.4. The Bertz CT molecular complexity index is 1520. The summed E-state index contributed by atoms with van der Waals surface area (Å²) in [5.74, 6) is -0.742. The molecule has 11 heteroatoms. The van der Waals surface area contributed by atoms with E-state index in [1.54, 1.807) is 18.2 Å². The van der Waals surface area contributed by atoms with E-state index in [9.17, 15) is 29.8 Å². The van der Waals surface area contributed by atoms with Crippen molar-refractivity contribution in [2.45, 2.75) is 16.7 Å². The van der Waals surface area contributed by atoms with Gasteiger partial charge in [0.15, 0.2) is 0 Å². The highest BCUT2D eigenvalue weighted by molar-refractivity contribution is 7.99. The van der Waals surface area contributed by atoms with Crippen LogP contribution in [0.4, 0.5) is 22.7 Å². The molecule has 10 nitrogen and oxygen atoms in total. The van der Waals surface area contributed by atoms with Crippen LogP contribution in [-0.2, 0) is 0 Å². The van der Waals surface area contributed by atoms with Crippen LogP contribution < -0.4 is 10.6 Å². The minimum Gasteiger partial charge on any atom is -0.322 e. The van der Waals surface area contributed by atoms with Gasteiger partial charge < -0.3 is 10.6 Å². The van der Waals surface area contributed by atoms with E-state index in [0.717, 1.165) is 15.4 Å². The maximum atomic E-state index is 12.5. The Labute approximate surface area is 221 Å². The molecule has 0 fully saturated rings. The van der Waals surface area contributed by atoms with Crippen LogP contribution in [0.2, 0.25) is 0 Å². The summed E-state index contributed by atoms with van der Waals surface area (Å²) >= 11 is 1.52. The maximum Gasteiger partial charge on any atom is 0.269 e. The second-order valence-corrected chi connectivity index (χ2v) is 9.24. The van der Waals surface area contributed by atoms with Gasteiger partial charge in [-0.1, -0.05) is 11.8 Å². The van der Waals surface area contributed by atoms with Crippen LogP contribution in [0.25, 0.3) is 0 Å². The largest absolute Gasteiger partial charge is 0.322 e. The van der Waals surface area contributed by atoms with Gasteiger partial charge in [0.25, 0.3) is 23.2 Å². The van der Waals surface area contributed by atoms with Crippen LogP contribution in [0.3, 0.4) is 0 Å². The lowest BCUT2D eigenvalue weighted by Gasteiger charge is -2.11. The zero-order chi connectivity index (χ0) is 27.2. The molecule has 0 aliphatic heterocycles. The summed E-state index contributed by atoms with van der Waals surface area (Å²) in [6.07, 6.45) is 0. The molecule has 2 amide bonds. The minimum absolute atomic E-state index is 0.0846. The zero-order valence-corrected chi connectivity index (χ0v) is 20.7. The lowest BCUT2D eigenvalue weighted by molar-refractivity contribution is -0.385. The third kappa shape index (κ3) is 6.39. The Hall–Kier alpha value is -5.03. The first-order valence-electron chi connectivity index (χ1n) is 11.2. The summed E-state index contributed by atoms with van der Waals surface area (Å²) in [5.41, 5.74) is 2.57. The lowest BCUT2D eigenvalue weighted by Crippen LogP contribution is -2.12. The second-order valence-electron chi connectivity index (χ2n) is 8.12. The Morgan fingerprint density at radius 2 is 1.11 bits per heavy atom. The summed E-state index contributed by atoms with van der Waals surface area (Å²) in [4.78, 5) is 47.3. The van der Waals surface area contributed by atoms with E-state index in [-0.39, 0.29) is 23.2 Å². The van der Waals surface area contributed by atoms with Crippen molar-refractivity contribution in [3.63, 3.8) is 0 Å². The quantitative estimate of drug-likeness (QED) is 0.197. The van der Waals surface area contributed by atoms with Gasteiger partial charge in [-0.2, -0.15) is 0 Å². The molecule has 0 unspecified atom stereocenters. The third-order valence-electron chi connectivity index (χ3n) is 5.45. The molecule has 0 saturated heterocycles. The molecular weight excluding hydrogens is 508 g/mol. The molecule has 0 heterocycles. The first-order valence-corrected chi connectivity index (χ1v) is 12.0. The van der Waals surface area contributed by atoms with Crippen molar-refractivity contribution in [3.8, 4) is 0 Å². The summed E-state index contributed by atoms with van der Waals surface area (Å²) in [6.45, 7) is 1.92. The number of carbonyl (C=O) groups excluding carboxylic acids is 2. The van der Waals surface area contributed by atoms with Crippen molar-refractivity contribution in [3.05, 3.63) is 128 Å². The molecule has 0 aliphatic carbocycles. The highest BCUT2D eigenvalue weighted by atomic mass is 32.2. The number of nitrogens with one attached hydrogen (secondary N) is 2. The number of rotatable bonds is 8. The Balaban J connectivity index is 1.36. The lowest BCUT2D eigenvalue weighted by atomic mass is 10.1. The smallest absolute Gasteiger partial charge is 0.269 e. The van der Waals surface area contributed by atoms with E-state index in [1.165, 1.54) is 60.3 Å². The molecule has 0 aromatic heterocycles. The molecule has 0 spiro atoms. The molecule has 4 aromatic rings. The van der Waals surface area contributed by atoms with Crippen molar-refractivity contribution in [2.75, 3.05) is 10.6 Å². The van der Waals surface area contributed by atoms with Crippen molar-refractivity contribution in [1.82, 2.24) is 0 Å². The summed E-state index contributed by atoms with van der Waals surface area (Å²) in [5, 5.41) is 27.1. The number of anilines is 2. The average molecular weight is 529 g/mol. The molecule has 0 radical (unpaired) electrons. The highest BCUT2D eigenvalue weighted by Gasteiger charge is 2.12. The molecule has 190 valence electrons. The van der Waals surface area contributed by atoms with Crippen LogP contribution in [-0.4, -0.2) is 21.7 Å². The van der Waals surface area contributed by atoms with Crippen LogP contribution in [0.1, 0.15) is 26.3 Å². The average Bonchev–Trinajstić information content (AvgIpc) is 2.91. The molecule has 0 bridgehead atoms. The van der Waals surface area contributed by atoms with Gasteiger partial charge in [-0.3, -0.25) is 29.8 Å². The fourth-order valence-electron chi connectivity index (χ4n) is 3.45. The number of benzene rings is 4. The predicted octanol–water partition coefficient (Wildman–Crippen LogP) is 6.47. The van der Waals surface area contributed by atoms with Gasteiger partial charge in [-0.05, 0) is 79.2 Å². The molecule has 0 aliphatic rings. The Morgan fingerprint density at radius 1 is 0.658 bits per heavy atom. The van der Waals surface area contributed by atoms with Gasteiger partial charge >= 0.3 is 0 Å². The number of nitrogens with zero attached hydrogens (tertiary/aromatic N) is 2. The topological polar surface area (TPSA) is 144 Å². The molecule has 0 atom stereocenters. The number of hydrogen-bond acceptors (Lipinski definition) is 7. The van der Waals surface area contributed by atoms with Gasteiger partial charge in [0.1, 0.15) is 0 Å². The summed E-state index contributed by atoms with van der Waals surface area (Å²) in [6, 6.07) is 23.5. The predicted molar refractivity (Wildman–Crippen MR) is 144 cm³/mol. The van der Waals surface area contributed by atoms with Crippen LogP contribution in [0, 0.1) is 27.2 Å². The van der Waals surface area contributed by atoms with Gasteiger partial charge in [-0.25, -0.2) is 0 Å². The normalized spacial score (nSPS) is 10.4. The van der Waals surface area contributed by atoms with Crippen molar-refractivity contribution in [2.24, 2.45) is 0 Å². The zero-order valence-electron chi connectivity index (χ0n) is 19.9. The molecule has 4 rings (SSSR count). The van der Waals surface area contributed by atoms with Gasteiger partial charge in [0.2, 0.25) is 0 Å². The maximum absolute atomic E-state index is 12.5. The molecule has 0 saturated carbocycles. The first kappa shape index (κ1) is 26.0. The fourth-order valence-corrected chi connectivity index (χ4v) is 4.33. The number of nitro benzene ring substituents is 2. The minimum atomic E-state index is -0.523. The number of amides is 2. The number of non-ortho nitro benzene ring substituents is 2. The van der Waals surface area contributed by atoms with Crippen LogP contribution in [0.15, 0.2) is 101 Å². The first-order chi connectivity index (χ1) is 18.2. The monoisotopic (exact) mass is 528 g/mol. The standard InChI is InChI=1S/C27H20N4O6S/c1-17-16-21(29-27(33)19-4-11-23(12-5-19)31(36)37)8-15-25(17)38-24-13-6-20(7-14-24)28-26(32)18-2-9-22(10-3-18)30(34)35/h2-16H,1H3,(H,28,32)(H,29,33). The number of carbonyl (C=O) groups is 2. The van der Waals surface area contributed by atoms with E-state index in [0.29, 0.717) is 22.5 Å². The Morgan fingerprint density at radius 3 is 1.55 bits per heavy atom. The third-order valence-corrected chi connectivity index (χ3v) is 6.64. The SMILES string of the molecule is Cc1cc(NC(=O)c2ccc([N+](=O)[O-])cc2)ccc1Sc1ccc(NC(=O)c2ccc([N+](=O)[O-])cc2)cc1. The van der Waals surface area contributed by atoms with Crippen LogP contribution >= 0.6 is 11.8 Å². The molecular formula is C27H20N4O6S. The highest BCUT2D eigenvalue weighted by Crippen LogP contribution is 2.32. The van der Waals surface area contributed by atoms with Crippen molar-refractivity contribution in [1.29, 1.82) is 0 Å². The van der Waals surface area contributed by atoms with Gasteiger partial charge in [0.05, 0.1) is 9.85 Å². The van der Waals surface area contributed by atoms with Crippen molar-refractivity contribution >= 4 is 46.3 Å².